The molecule has 0 spiro atoms. The van der Waals surface area contributed by atoms with E-state index in [4.69, 9.17) is 5.26 Å². The van der Waals surface area contributed by atoms with Crippen molar-refractivity contribution in [3.63, 3.8) is 0 Å². The van der Waals surface area contributed by atoms with Gasteiger partial charge in [-0.15, -0.1) is 0 Å². The monoisotopic (exact) mass is 258 g/mol. The maximum Gasteiger partial charge on any atom is 0.144 e. The summed E-state index contributed by atoms with van der Waals surface area (Å²) in [5.41, 5.74) is 1.52. The molecule has 1 aliphatic heterocycles. The first kappa shape index (κ1) is 14.0. The molecule has 1 aliphatic rings. The Morgan fingerprint density at radius 3 is 3.11 bits per heavy atom. The molecule has 0 aromatic carbocycles. The molecule has 19 heavy (non-hydrogen) atoms. The lowest BCUT2D eigenvalue weighted by Crippen LogP contribution is -2.30. The summed E-state index contributed by atoms with van der Waals surface area (Å²) in [4.78, 5) is 6.60. The van der Waals surface area contributed by atoms with E-state index in [1.165, 1.54) is 19.5 Å². The van der Waals surface area contributed by atoms with Gasteiger partial charge in [0.25, 0.3) is 0 Å². The standard InChI is InChI=1S/C15H22N4/c1-12(2)19-7-5-13(11-19)9-17-10-14-4-3-6-18-15(14)8-16/h3-4,6,12-13,17H,5,7,9-11H2,1-2H3. The van der Waals surface area contributed by atoms with Gasteiger partial charge in [0, 0.05) is 30.9 Å². The second-order valence-corrected chi connectivity index (χ2v) is 5.50. The quantitative estimate of drug-likeness (QED) is 0.874. The van der Waals surface area contributed by atoms with Gasteiger partial charge in [-0.1, -0.05) is 6.07 Å². The molecule has 0 radical (unpaired) electrons. The molecule has 1 aromatic heterocycles. The number of rotatable bonds is 5. The minimum Gasteiger partial charge on any atom is -0.312 e. The zero-order valence-electron chi connectivity index (χ0n) is 11.8. The molecule has 102 valence electrons. The van der Waals surface area contributed by atoms with Crippen molar-refractivity contribution in [2.24, 2.45) is 5.92 Å². The molecule has 1 fully saturated rings. The molecular formula is C15H22N4. The van der Waals surface area contributed by atoms with E-state index in [0.717, 1.165) is 24.6 Å². The van der Waals surface area contributed by atoms with Gasteiger partial charge in [-0.3, -0.25) is 0 Å². The molecule has 0 bridgehead atoms. The largest absolute Gasteiger partial charge is 0.312 e. The SMILES string of the molecule is CC(C)N1CCC(CNCc2cccnc2C#N)C1. The Bertz CT molecular complexity index is 450. The van der Waals surface area contributed by atoms with Crippen molar-refractivity contribution in [1.82, 2.24) is 15.2 Å². The number of pyridine rings is 1. The maximum atomic E-state index is 8.98. The van der Waals surface area contributed by atoms with Crippen molar-refractivity contribution >= 4 is 0 Å². The summed E-state index contributed by atoms with van der Waals surface area (Å²) in [6.45, 7) is 8.65. The Balaban J connectivity index is 1.77. The number of nitrogens with zero attached hydrogens (tertiary/aromatic N) is 3. The minimum atomic E-state index is 0.533. The van der Waals surface area contributed by atoms with Gasteiger partial charge in [0.05, 0.1) is 0 Å². The van der Waals surface area contributed by atoms with Gasteiger partial charge < -0.3 is 10.2 Å². The molecule has 4 heteroatoms. The van der Waals surface area contributed by atoms with Gasteiger partial charge >= 0.3 is 0 Å². The first-order valence-electron chi connectivity index (χ1n) is 6.99. The number of hydrogen-bond acceptors (Lipinski definition) is 4. The van der Waals surface area contributed by atoms with E-state index in [9.17, 15) is 0 Å². The second kappa shape index (κ2) is 6.65. The summed E-state index contributed by atoms with van der Waals surface area (Å²) < 4.78 is 0. The number of nitriles is 1. The number of aromatic nitrogens is 1. The van der Waals surface area contributed by atoms with Gasteiger partial charge in [0.2, 0.25) is 0 Å². The maximum absolute atomic E-state index is 8.98. The van der Waals surface area contributed by atoms with Gasteiger partial charge in [-0.05, 0) is 45.3 Å². The van der Waals surface area contributed by atoms with Gasteiger partial charge in [-0.2, -0.15) is 5.26 Å². The lowest BCUT2D eigenvalue weighted by molar-refractivity contribution is 0.264. The predicted octanol–water partition coefficient (Wildman–Crippen LogP) is 1.77. The highest BCUT2D eigenvalue weighted by atomic mass is 15.2. The van der Waals surface area contributed by atoms with Crippen LogP contribution in [0.2, 0.25) is 0 Å². The first-order valence-corrected chi connectivity index (χ1v) is 6.99. The predicted molar refractivity (Wildman–Crippen MR) is 75.5 cm³/mol. The molecule has 2 heterocycles. The topological polar surface area (TPSA) is 52.0 Å². The highest BCUT2D eigenvalue weighted by Gasteiger charge is 2.23. The molecule has 0 amide bonds. The summed E-state index contributed by atoms with van der Waals surface area (Å²) in [6.07, 6.45) is 2.93. The smallest absolute Gasteiger partial charge is 0.144 e. The normalized spacial score (nSPS) is 19.8. The van der Waals surface area contributed by atoms with Crippen LogP contribution in [0, 0.1) is 17.2 Å². The molecule has 4 nitrogen and oxygen atoms in total. The molecular weight excluding hydrogens is 236 g/mol. The first-order chi connectivity index (χ1) is 9.20. The number of hydrogen-bond donors (Lipinski definition) is 1. The highest BCUT2D eigenvalue weighted by Crippen LogP contribution is 2.17. The fourth-order valence-corrected chi connectivity index (χ4v) is 2.59. The van der Waals surface area contributed by atoms with Crippen LogP contribution in [-0.4, -0.2) is 35.6 Å². The average Bonchev–Trinajstić information content (AvgIpc) is 2.88. The summed E-state index contributed by atoms with van der Waals surface area (Å²) in [7, 11) is 0. The molecule has 1 N–H and O–H groups in total. The van der Waals surface area contributed by atoms with Gasteiger partial charge in [0.1, 0.15) is 11.8 Å². The zero-order chi connectivity index (χ0) is 13.7. The lowest BCUT2D eigenvalue weighted by atomic mass is 10.1. The third-order valence-corrected chi connectivity index (χ3v) is 3.79. The van der Waals surface area contributed by atoms with Crippen LogP contribution >= 0.6 is 0 Å². The fourth-order valence-electron chi connectivity index (χ4n) is 2.59. The van der Waals surface area contributed by atoms with Crippen molar-refractivity contribution in [3.05, 3.63) is 29.6 Å². The van der Waals surface area contributed by atoms with Crippen LogP contribution in [0.1, 0.15) is 31.5 Å². The van der Waals surface area contributed by atoms with Gasteiger partial charge in [-0.25, -0.2) is 4.98 Å². The molecule has 1 atom stereocenters. The van der Waals surface area contributed by atoms with Crippen molar-refractivity contribution in [2.75, 3.05) is 19.6 Å². The number of nitrogens with one attached hydrogen (secondary N) is 1. The molecule has 1 unspecified atom stereocenters. The van der Waals surface area contributed by atoms with Crippen LogP contribution in [0.4, 0.5) is 0 Å². The van der Waals surface area contributed by atoms with Crippen LogP contribution in [0.15, 0.2) is 18.3 Å². The zero-order valence-corrected chi connectivity index (χ0v) is 11.8. The average molecular weight is 258 g/mol. The van der Waals surface area contributed by atoms with Crippen molar-refractivity contribution in [1.29, 1.82) is 5.26 Å². The fraction of sp³-hybridized carbons (Fsp3) is 0.600. The summed E-state index contributed by atoms with van der Waals surface area (Å²) >= 11 is 0. The number of likely N-dealkylation sites (tertiary alicyclic amines) is 1. The van der Waals surface area contributed by atoms with E-state index >= 15 is 0 Å². The molecule has 1 aromatic rings. The van der Waals surface area contributed by atoms with Crippen LogP contribution in [-0.2, 0) is 6.54 Å². The van der Waals surface area contributed by atoms with E-state index in [1.807, 2.05) is 12.1 Å². The molecule has 0 saturated carbocycles. The Morgan fingerprint density at radius 2 is 2.42 bits per heavy atom. The molecule has 2 rings (SSSR count). The third-order valence-electron chi connectivity index (χ3n) is 3.79. The van der Waals surface area contributed by atoms with E-state index in [2.05, 4.69) is 35.1 Å². The summed E-state index contributed by atoms with van der Waals surface area (Å²) in [6, 6.07) is 6.63. The summed E-state index contributed by atoms with van der Waals surface area (Å²) in [5.74, 6) is 0.726. The van der Waals surface area contributed by atoms with E-state index < -0.39 is 0 Å². The second-order valence-electron chi connectivity index (χ2n) is 5.50. The van der Waals surface area contributed by atoms with Crippen LogP contribution < -0.4 is 5.32 Å². The minimum absolute atomic E-state index is 0.533. The van der Waals surface area contributed by atoms with E-state index in [-0.39, 0.29) is 0 Å². The van der Waals surface area contributed by atoms with E-state index in [1.54, 1.807) is 6.20 Å². The van der Waals surface area contributed by atoms with Crippen LogP contribution in [0.25, 0.3) is 0 Å². The Kier molecular flexibility index (Phi) is 4.89. The van der Waals surface area contributed by atoms with Crippen LogP contribution in [0.3, 0.4) is 0 Å². The van der Waals surface area contributed by atoms with Crippen LogP contribution in [0.5, 0.6) is 0 Å². The summed E-state index contributed by atoms with van der Waals surface area (Å²) in [5, 5.41) is 12.4. The van der Waals surface area contributed by atoms with Gasteiger partial charge in [0.15, 0.2) is 0 Å². The molecule has 1 saturated heterocycles. The Labute approximate surface area is 115 Å². The Hall–Kier alpha value is -1.44. The third kappa shape index (κ3) is 3.76. The highest BCUT2D eigenvalue weighted by molar-refractivity contribution is 5.30. The van der Waals surface area contributed by atoms with E-state index in [0.29, 0.717) is 11.7 Å². The molecule has 0 aliphatic carbocycles. The van der Waals surface area contributed by atoms with Crippen molar-refractivity contribution < 1.29 is 0 Å². The van der Waals surface area contributed by atoms with Crippen molar-refractivity contribution in [2.45, 2.75) is 32.9 Å². The van der Waals surface area contributed by atoms with Crippen molar-refractivity contribution in [3.8, 4) is 6.07 Å². The Morgan fingerprint density at radius 1 is 1.58 bits per heavy atom. The lowest BCUT2D eigenvalue weighted by Gasteiger charge is -2.20.